The zero-order valence-corrected chi connectivity index (χ0v) is 20.5. The number of hydrogen-bond donors (Lipinski definition) is 3. The Morgan fingerprint density at radius 3 is 2.83 bits per heavy atom. The summed E-state index contributed by atoms with van der Waals surface area (Å²) in [7, 11) is 1.78. The van der Waals surface area contributed by atoms with E-state index in [1.165, 1.54) is 6.08 Å². The van der Waals surface area contributed by atoms with Gasteiger partial charge in [0.15, 0.2) is 17.5 Å². The fourth-order valence-corrected chi connectivity index (χ4v) is 7.97. The minimum absolute atomic E-state index is 0.0687. The predicted octanol–water partition coefficient (Wildman–Crippen LogP) is 2.99. The molecule has 36 heavy (non-hydrogen) atoms. The minimum atomic E-state index is -1.18. The molecular weight excluding hydrogens is 460 g/mol. The fourth-order valence-electron chi connectivity index (χ4n) is 7.97. The van der Waals surface area contributed by atoms with Gasteiger partial charge in [0.05, 0.1) is 24.0 Å². The molecule has 1 saturated heterocycles. The Labute approximate surface area is 209 Å². The molecule has 1 amide bonds. The molecule has 0 radical (unpaired) electrons. The highest BCUT2D eigenvalue weighted by atomic mass is 16.6. The van der Waals surface area contributed by atoms with Crippen LogP contribution in [0.25, 0.3) is 6.08 Å². The van der Waals surface area contributed by atoms with E-state index in [1.54, 1.807) is 42.7 Å². The van der Waals surface area contributed by atoms with Crippen LogP contribution in [0, 0.1) is 5.92 Å². The van der Waals surface area contributed by atoms with E-state index in [-0.39, 0.29) is 28.4 Å². The maximum absolute atomic E-state index is 13.2. The zero-order valence-electron chi connectivity index (χ0n) is 20.5. The summed E-state index contributed by atoms with van der Waals surface area (Å²) in [6, 6.07) is 4.73. The molecule has 2 bridgehead atoms. The molecule has 2 aliphatic heterocycles. The maximum Gasteiger partial charge on any atom is 0.246 e. The first-order valence-corrected chi connectivity index (χ1v) is 13.1. The number of piperidine rings is 1. The van der Waals surface area contributed by atoms with Gasteiger partial charge in [-0.05, 0) is 49.5 Å². The Morgan fingerprint density at radius 1 is 1.25 bits per heavy atom. The average molecular weight is 494 g/mol. The second-order valence-corrected chi connectivity index (χ2v) is 11.6. The number of hydrogen-bond acceptors (Lipinski definition) is 6. The minimum Gasteiger partial charge on any atom is -0.504 e. The summed E-state index contributed by atoms with van der Waals surface area (Å²) in [5.41, 5.74) is 0.769. The molecule has 3 heterocycles. The van der Waals surface area contributed by atoms with Crippen LogP contribution in [0.15, 0.2) is 41.2 Å². The van der Waals surface area contributed by atoms with Gasteiger partial charge in [-0.1, -0.05) is 6.07 Å². The van der Waals surface area contributed by atoms with Gasteiger partial charge in [0.2, 0.25) is 5.91 Å². The first-order chi connectivity index (χ1) is 17.3. The van der Waals surface area contributed by atoms with E-state index in [1.807, 2.05) is 6.07 Å². The lowest BCUT2D eigenvalue weighted by Crippen LogP contribution is -2.82. The summed E-state index contributed by atoms with van der Waals surface area (Å²) in [5, 5.41) is 35.3. The summed E-state index contributed by atoms with van der Waals surface area (Å²) in [6.45, 7) is 1.21. The number of ether oxygens (including phenoxy) is 1. The van der Waals surface area contributed by atoms with Crippen LogP contribution in [0.3, 0.4) is 0 Å². The van der Waals surface area contributed by atoms with Crippen molar-refractivity contribution in [3.05, 3.63) is 53.5 Å². The van der Waals surface area contributed by atoms with Crippen LogP contribution < -0.4 is 4.74 Å². The van der Waals surface area contributed by atoms with E-state index in [4.69, 9.17) is 9.15 Å². The third kappa shape index (κ3) is 2.83. The number of aromatic hydroxyl groups is 1. The Hall–Kier alpha value is -2.81. The fraction of sp³-hybridized carbons (Fsp3) is 0.536. The first-order valence-electron chi connectivity index (χ1n) is 13.1. The van der Waals surface area contributed by atoms with E-state index in [9.17, 15) is 20.2 Å². The Morgan fingerprint density at radius 2 is 2.08 bits per heavy atom. The summed E-state index contributed by atoms with van der Waals surface area (Å²) in [6.07, 6.45) is 10.3. The molecule has 3 N–H and O–H groups in total. The summed E-state index contributed by atoms with van der Waals surface area (Å²) in [5.74, 6) is 0.869. The van der Waals surface area contributed by atoms with Gasteiger partial charge in [0.25, 0.3) is 0 Å². The smallest absolute Gasteiger partial charge is 0.246 e. The number of furan rings is 1. The summed E-state index contributed by atoms with van der Waals surface area (Å²) < 4.78 is 11.5. The summed E-state index contributed by atoms with van der Waals surface area (Å²) in [4.78, 5) is 14.9. The molecule has 2 unspecified atom stereocenters. The van der Waals surface area contributed by atoms with Gasteiger partial charge >= 0.3 is 0 Å². The van der Waals surface area contributed by atoms with Gasteiger partial charge in [0.1, 0.15) is 24.8 Å². The number of aliphatic hydroxyl groups is 1. The van der Waals surface area contributed by atoms with Gasteiger partial charge in [-0.15, -0.1) is 0 Å². The lowest BCUT2D eigenvalue weighted by Gasteiger charge is -2.64. The van der Waals surface area contributed by atoms with Crippen molar-refractivity contribution in [3.63, 3.8) is 0 Å². The lowest BCUT2D eigenvalue weighted by atomic mass is 9.48. The highest BCUT2D eigenvalue weighted by molar-refractivity contribution is 5.91. The lowest BCUT2D eigenvalue weighted by molar-refractivity contribution is -1.13. The molecule has 190 valence electrons. The van der Waals surface area contributed by atoms with Crippen LogP contribution in [-0.2, 0) is 16.6 Å². The van der Waals surface area contributed by atoms with Crippen LogP contribution in [0.1, 0.15) is 48.8 Å². The van der Waals surface area contributed by atoms with Crippen LogP contribution in [0.2, 0.25) is 0 Å². The number of phenolic OH excluding ortho intramolecular Hbond substituents is 1. The molecule has 8 nitrogen and oxygen atoms in total. The van der Waals surface area contributed by atoms with E-state index < -0.39 is 17.1 Å². The Kier molecular flexibility index (Phi) is 4.58. The van der Waals surface area contributed by atoms with Gasteiger partial charge < -0.3 is 24.3 Å². The van der Waals surface area contributed by atoms with E-state index >= 15 is 0 Å². The van der Waals surface area contributed by atoms with Gasteiger partial charge in [-0.25, -0.2) is 5.21 Å². The number of likely N-dealkylation sites (tertiary alicyclic amines) is 1. The second kappa shape index (κ2) is 7.37. The predicted molar refractivity (Wildman–Crippen MR) is 129 cm³/mol. The Balaban J connectivity index is 1.30. The van der Waals surface area contributed by atoms with Gasteiger partial charge in [-0.2, -0.15) is 4.65 Å². The molecular formula is C28H33N2O6+. The number of nitrogens with zero attached hydrogens (tertiary/aromatic N) is 2. The van der Waals surface area contributed by atoms with Gasteiger partial charge in [-0.3, -0.25) is 4.79 Å². The van der Waals surface area contributed by atoms with Crippen molar-refractivity contribution < 1.29 is 34.0 Å². The molecule has 1 aromatic heterocycles. The summed E-state index contributed by atoms with van der Waals surface area (Å²) >= 11 is 0. The van der Waals surface area contributed by atoms with E-state index in [2.05, 4.69) is 0 Å². The van der Waals surface area contributed by atoms with Crippen molar-refractivity contribution in [1.82, 2.24) is 4.90 Å². The standard InChI is InChI=1S/C28H32N2O6/c1-29(23(32)7-4-18-9-13-35-16-18)20-8-10-28(33)22-14-19-5-6-21(31)25-24(19)27(28,26(20)36-25)11-12-30(22,34)15-17-2-3-17/h4-7,9,13,16-17,20,22,26,33-34H,2-3,8,10-12,14-15H2,1H3/p+1/t20?,22-,26+,27+,28-,30?/m1/s1. The molecule has 2 saturated carbocycles. The van der Waals surface area contributed by atoms with Crippen LogP contribution >= 0.6 is 0 Å². The molecule has 1 aromatic carbocycles. The van der Waals surface area contributed by atoms with Crippen LogP contribution in [-0.4, -0.2) is 74.8 Å². The van der Waals surface area contributed by atoms with E-state index in [0.717, 1.165) is 29.5 Å². The van der Waals surface area contributed by atoms with Crippen molar-refractivity contribution in [1.29, 1.82) is 0 Å². The zero-order chi connectivity index (χ0) is 24.9. The molecule has 3 aliphatic carbocycles. The van der Waals surface area contributed by atoms with Crippen LogP contribution in [0.4, 0.5) is 0 Å². The normalized spacial score (nSPS) is 38.0. The number of carbonyl (C=O) groups excluding carboxylic acids is 1. The molecule has 6 atom stereocenters. The molecule has 2 aromatic rings. The van der Waals surface area contributed by atoms with E-state index in [0.29, 0.717) is 50.4 Å². The molecule has 7 rings (SSSR count). The average Bonchev–Trinajstić information content (AvgIpc) is 3.36. The number of amides is 1. The van der Waals surface area contributed by atoms with Crippen LogP contribution in [0.5, 0.6) is 11.5 Å². The third-order valence-corrected chi connectivity index (χ3v) is 9.86. The molecule has 3 fully saturated rings. The number of likely N-dealkylation sites (N-methyl/N-ethyl adjacent to an activating group) is 1. The SMILES string of the molecule is CN(C(=O)C=Cc1ccoc1)C1CC[C@@]2(O)[C@H]3Cc4ccc(O)c5c4[C@@]2(CC[N+]3(O)CC2CC2)[C@H]1O5. The first kappa shape index (κ1) is 22.4. The number of rotatable bonds is 5. The topological polar surface area (TPSA) is 103 Å². The molecule has 5 aliphatic rings. The monoisotopic (exact) mass is 493 g/mol. The van der Waals surface area contributed by atoms with Crippen molar-refractivity contribution in [2.24, 2.45) is 5.92 Å². The number of quaternary nitrogens is 1. The number of benzene rings is 1. The second-order valence-electron chi connectivity index (χ2n) is 11.6. The van der Waals surface area contributed by atoms with Gasteiger partial charge in [0, 0.05) is 43.0 Å². The number of carbonyl (C=O) groups is 1. The third-order valence-electron chi connectivity index (χ3n) is 9.86. The van der Waals surface area contributed by atoms with Crippen molar-refractivity contribution in [2.75, 3.05) is 20.1 Å². The quantitative estimate of drug-likeness (QED) is 0.437. The Bertz CT molecular complexity index is 1250. The van der Waals surface area contributed by atoms with Crippen molar-refractivity contribution in [2.45, 2.75) is 67.7 Å². The van der Waals surface area contributed by atoms with Crippen molar-refractivity contribution in [3.8, 4) is 11.5 Å². The highest BCUT2D eigenvalue weighted by Crippen LogP contribution is 2.66. The maximum atomic E-state index is 13.2. The van der Waals surface area contributed by atoms with Crippen molar-refractivity contribution >= 4 is 12.0 Å². The number of phenols is 1. The highest BCUT2D eigenvalue weighted by Gasteiger charge is 2.77. The molecule has 1 spiro atoms. The largest absolute Gasteiger partial charge is 0.504 e. The number of hydroxylamine groups is 3. The molecule has 8 heteroatoms.